The van der Waals surface area contributed by atoms with Crippen LogP contribution in [0.5, 0.6) is 5.75 Å². The lowest BCUT2D eigenvalue weighted by Gasteiger charge is -2.25. The number of para-hydroxylation sites is 1. The summed E-state index contributed by atoms with van der Waals surface area (Å²) in [7, 11) is 1.71. The Labute approximate surface area is 113 Å². The zero-order chi connectivity index (χ0) is 14.3. The van der Waals surface area contributed by atoms with E-state index in [4.69, 9.17) is 10.5 Å². The molecule has 1 aromatic rings. The second-order valence-electron chi connectivity index (χ2n) is 4.68. The lowest BCUT2D eigenvalue weighted by molar-refractivity contribution is -0.123. The molecule has 0 fully saturated rings. The molecule has 0 saturated carbocycles. The normalized spacial score (nSPS) is 13.8. The van der Waals surface area contributed by atoms with Crippen molar-refractivity contribution < 1.29 is 13.9 Å². The van der Waals surface area contributed by atoms with Crippen LogP contribution >= 0.6 is 0 Å². The lowest BCUT2D eigenvalue weighted by atomic mass is 9.94. The Morgan fingerprint density at radius 1 is 1.42 bits per heavy atom. The van der Waals surface area contributed by atoms with Gasteiger partial charge in [0.25, 0.3) is 0 Å². The van der Waals surface area contributed by atoms with Gasteiger partial charge in [-0.2, -0.15) is 0 Å². The van der Waals surface area contributed by atoms with Gasteiger partial charge in [-0.25, -0.2) is 4.39 Å². The van der Waals surface area contributed by atoms with E-state index < -0.39 is 5.54 Å². The second kappa shape index (κ2) is 7.09. The Kier molecular flexibility index (Phi) is 5.76. The van der Waals surface area contributed by atoms with Crippen LogP contribution in [0, 0.1) is 5.82 Å². The summed E-state index contributed by atoms with van der Waals surface area (Å²) in [5.41, 5.74) is 4.63. The van der Waals surface area contributed by atoms with Crippen LogP contribution in [0.2, 0.25) is 0 Å². The van der Waals surface area contributed by atoms with Crippen molar-refractivity contribution in [3.63, 3.8) is 0 Å². The maximum Gasteiger partial charge on any atom is 0.237 e. The monoisotopic (exact) mass is 268 g/mol. The molecule has 1 atom stereocenters. The molecule has 0 aromatic heterocycles. The molecule has 106 valence electrons. The van der Waals surface area contributed by atoms with Gasteiger partial charge in [-0.05, 0) is 45.4 Å². The van der Waals surface area contributed by atoms with Gasteiger partial charge in [0.2, 0.25) is 5.91 Å². The molecule has 5 heteroatoms. The van der Waals surface area contributed by atoms with Crippen molar-refractivity contribution in [3.8, 4) is 5.75 Å². The molecule has 19 heavy (non-hydrogen) atoms. The van der Waals surface area contributed by atoms with Gasteiger partial charge in [0.15, 0.2) is 11.6 Å². The van der Waals surface area contributed by atoms with E-state index in [1.54, 1.807) is 32.2 Å². The minimum atomic E-state index is -0.696. The number of primary amides is 1. The fourth-order valence-electron chi connectivity index (χ4n) is 1.70. The Morgan fingerprint density at radius 3 is 2.68 bits per heavy atom. The second-order valence-corrected chi connectivity index (χ2v) is 4.68. The fraction of sp³-hybridized carbons (Fsp3) is 0.500. The number of likely N-dealkylation sites (N-methyl/N-ethyl adjacent to an activating group) is 1. The van der Waals surface area contributed by atoms with Gasteiger partial charge in [0.1, 0.15) is 0 Å². The number of nitrogens with two attached hydrogens (primary N) is 1. The summed E-state index contributed by atoms with van der Waals surface area (Å²) in [5, 5.41) is 2.92. The van der Waals surface area contributed by atoms with Gasteiger partial charge in [-0.1, -0.05) is 12.1 Å². The summed E-state index contributed by atoms with van der Waals surface area (Å²) in [6.45, 7) is 2.19. The number of carbonyl (C=O) groups is 1. The number of hydrogen-bond acceptors (Lipinski definition) is 3. The fourth-order valence-corrected chi connectivity index (χ4v) is 1.70. The number of rotatable bonds is 8. The zero-order valence-electron chi connectivity index (χ0n) is 11.4. The third kappa shape index (κ3) is 4.52. The number of halogens is 1. The van der Waals surface area contributed by atoms with Crippen LogP contribution < -0.4 is 15.8 Å². The molecule has 0 aliphatic carbocycles. The minimum absolute atomic E-state index is 0.258. The molecule has 4 nitrogen and oxygen atoms in total. The number of amides is 1. The van der Waals surface area contributed by atoms with Crippen LogP contribution in [-0.2, 0) is 4.79 Å². The van der Waals surface area contributed by atoms with E-state index in [1.807, 2.05) is 0 Å². The van der Waals surface area contributed by atoms with Gasteiger partial charge in [0.05, 0.1) is 12.1 Å². The summed E-state index contributed by atoms with van der Waals surface area (Å²) in [5.74, 6) is -0.474. The van der Waals surface area contributed by atoms with Crippen molar-refractivity contribution in [2.24, 2.45) is 5.73 Å². The molecule has 3 N–H and O–H groups in total. The number of benzene rings is 1. The third-order valence-corrected chi connectivity index (χ3v) is 3.26. The molecule has 1 aromatic carbocycles. The van der Waals surface area contributed by atoms with Crippen LogP contribution in [0.15, 0.2) is 24.3 Å². The summed E-state index contributed by atoms with van der Waals surface area (Å²) < 4.78 is 18.6. The number of ether oxygens (including phenoxy) is 1. The van der Waals surface area contributed by atoms with Crippen LogP contribution in [0.1, 0.15) is 26.2 Å². The van der Waals surface area contributed by atoms with Crippen molar-refractivity contribution in [2.45, 2.75) is 31.7 Å². The minimum Gasteiger partial charge on any atom is -0.491 e. The molecule has 1 amide bonds. The Morgan fingerprint density at radius 2 is 2.11 bits per heavy atom. The van der Waals surface area contributed by atoms with Crippen LogP contribution in [-0.4, -0.2) is 25.1 Å². The highest BCUT2D eigenvalue weighted by atomic mass is 19.1. The highest BCUT2D eigenvalue weighted by Gasteiger charge is 2.27. The predicted octanol–water partition coefficient (Wildman–Crippen LogP) is 1.84. The molecule has 1 rings (SSSR count). The maximum atomic E-state index is 13.3. The topological polar surface area (TPSA) is 64.3 Å². The van der Waals surface area contributed by atoms with Crippen molar-refractivity contribution in [3.05, 3.63) is 30.1 Å². The molecule has 0 radical (unpaired) electrons. The molecule has 0 saturated heterocycles. The van der Waals surface area contributed by atoms with Gasteiger partial charge in [0, 0.05) is 0 Å². The average molecular weight is 268 g/mol. The molecule has 1 unspecified atom stereocenters. The summed E-state index contributed by atoms with van der Waals surface area (Å²) in [6.07, 6.45) is 2.13. The van der Waals surface area contributed by atoms with E-state index in [1.165, 1.54) is 6.07 Å². The number of unbranched alkanes of at least 4 members (excludes halogenated alkanes) is 1. The Hall–Kier alpha value is -1.62. The number of carbonyl (C=O) groups excluding carboxylic acids is 1. The van der Waals surface area contributed by atoms with E-state index in [9.17, 15) is 9.18 Å². The first kappa shape index (κ1) is 15.4. The van der Waals surface area contributed by atoms with E-state index in [2.05, 4.69) is 5.32 Å². The third-order valence-electron chi connectivity index (χ3n) is 3.26. The van der Waals surface area contributed by atoms with Crippen molar-refractivity contribution >= 4 is 5.91 Å². The SMILES string of the molecule is CNC(C)(CCCCOc1ccccc1F)C(N)=O. The van der Waals surface area contributed by atoms with Gasteiger partial charge >= 0.3 is 0 Å². The van der Waals surface area contributed by atoms with Crippen LogP contribution in [0.4, 0.5) is 4.39 Å². The van der Waals surface area contributed by atoms with Gasteiger partial charge < -0.3 is 15.8 Å². The molecular formula is C14H21FN2O2. The first-order valence-corrected chi connectivity index (χ1v) is 6.36. The quantitative estimate of drug-likeness (QED) is 0.707. The van der Waals surface area contributed by atoms with Crippen molar-refractivity contribution in [1.82, 2.24) is 5.32 Å². The highest BCUT2D eigenvalue weighted by molar-refractivity contribution is 5.84. The zero-order valence-corrected chi connectivity index (χ0v) is 11.4. The summed E-state index contributed by atoms with van der Waals surface area (Å²) in [4.78, 5) is 11.3. The molecule has 0 spiro atoms. The highest BCUT2D eigenvalue weighted by Crippen LogP contribution is 2.17. The van der Waals surface area contributed by atoms with Crippen LogP contribution in [0.25, 0.3) is 0 Å². The first-order chi connectivity index (χ1) is 8.99. The standard InChI is InChI=1S/C14H21FN2O2/c1-14(17-2,13(16)18)9-5-6-10-19-12-8-4-3-7-11(12)15/h3-4,7-8,17H,5-6,9-10H2,1-2H3,(H2,16,18). The van der Waals surface area contributed by atoms with Crippen molar-refractivity contribution in [1.29, 1.82) is 0 Å². The van der Waals surface area contributed by atoms with Crippen molar-refractivity contribution in [2.75, 3.05) is 13.7 Å². The predicted molar refractivity (Wildman–Crippen MR) is 72.4 cm³/mol. The Bertz CT molecular complexity index is 426. The van der Waals surface area contributed by atoms with Gasteiger partial charge in [-0.3, -0.25) is 4.79 Å². The van der Waals surface area contributed by atoms with Gasteiger partial charge in [-0.15, -0.1) is 0 Å². The van der Waals surface area contributed by atoms with Crippen LogP contribution in [0.3, 0.4) is 0 Å². The van der Waals surface area contributed by atoms with E-state index >= 15 is 0 Å². The number of hydrogen-bond donors (Lipinski definition) is 2. The molecule has 0 heterocycles. The van der Waals surface area contributed by atoms with E-state index in [0.29, 0.717) is 13.0 Å². The number of nitrogens with one attached hydrogen (secondary N) is 1. The average Bonchev–Trinajstić information content (AvgIpc) is 2.39. The summed E-state index contributed by atoms with van der Waals surface area (Å²) >= 11 is 0. The molecule has 0 aliphatic rings. The lowest BCUT2D eigenvalue weighted by Crippen LogP contribution is -2.51. The molecule has 0 bridgehead atoms. The van der Waals surface area contributed by atoms with E-state index in [-0.39, 0.29) is 17.5 Å². The molecule has 0 aliphatic heterocycles. The maximum absolute atomic E-state index is 13.3. The largest absolute Gasteiger partial charge is 0.491 e. The summed E-state index contributed by atoms with van der Waals surface area (Å²) in [6, 6.07) is 6.30. The first-order valence-electron chi connectivity index (χ1n) is 6.36. The smallest absolute Gasteiger partial charge is 0.237 e. The molecular weight excluding hydrogens is 247 g/mol. The Balaban J connectivity index is 2.29. The van der Waals surface area contributed by atoms with E-state index in [0.717, 1.165) is 12.8 Å².